The number of hydrogen-bond acceptors (Lipinski definition) is 6. The van der Waals surface area contributed by atoms with E-state index in [0.717, 1.165) is 11.3 Å². The number of nitrogens with one attached hydrogen (secondary N) is 1. The second-order valence-corrected chi connectivity index (χ2v) is 7.16. The maximum atomic E-state index is 12.4. The van der Waals surface area contributed by atoms with Gasteiger partial charge in [0.2, 0.25) is 0 Å². The molecular formula is C22H22N2O4S. The van der Waals surface area contributed by atoms with Gasteiger partial charge in [0.1, 0.15) is 5.75 Å². The summed E-state index contributed by atoms with van der Waals surface area (Å²) in [5.74, 6) is 0.998. The van der Waals surface area contributed by atoms with Crippen LogP contribution >= 0.6 is 11.8 Å². The fourth-order valence-electron chi connectivity index (χ4n) is 2.76. The molecule has 1 heterocycles. The van der Waals surface area contributed by atoms with Gasteiger partial charge in [-0.15, -0.1) is 6.58 Å². The molecule has 0 bridgehead atoms. The first-order chi connectivity index (χ1) is 14.0. The van der Waals surface area contributed by atoms with E-state index in [9.17, 15) is 9.90 Å². The summed E-state index contributed by atoms with van der Waals surface area (Å²) in [7, 11) is 1.60. The van der Waals surface area contributed by atoms with Gasteiger partial charge in [0.25, 0.3) is 5.91 Å². The van der Waals surface area contributed by atoms with E-state index in [-0.39, 0.29) is 11.7 Å². The van der Waals surface area contributed by atoms with E-state index < -0.39 is 0 Å². The molecule has 0 saturated carbocycles. The number of hydrogen-bond donors (Lipinski definition) is 2. The summed E-state index contributed by atoms with van der Waals surface area (Å²) in [6, 6.07) is 10.8. The zero-order valence-electron chi connectivity index (χ0n) is 16.3. The quantitative estimate of drug-likeness (QED) is 0.522. The van der Waals surface area contributed by atoms with E-state index >= 15 is 0 Å². The summed E-state index contributed by atoms with van der Waals surface area (Å²) in [4.78, 5) is 17.3. The Morgan fingerprint density at radius 1 is 1.28 bits per heavy atom. The highest BCUT2D eigenvalue weighted by Crippen LogP contribution is 2.35. The van der Waals surface area contributed by atoms with Crippen LogP contribution in [0.2, 0.25) is 0 Å². The van der Waals surface area contributed by atoms with Crippen molar-refractivity contribution in [2.45, 2.75) is 13.3 Å². The molecule has 3 rings (SSSR count). The number of carbonyl (C=O) groups excluding carboxylic acids is 1. The number of rotatable bonds is 7. The monoisotopic (exact) mass is 410 g/mol. The number of aromatic hydroxyl groups is 1. The molecule has 0 atom stereocenters. The van der Waals surface area contributed by atoms with Gasteiger partial charge in [-0.1, -0.05) is 6.08 Å². The summed E-state index contributed by atoms with van der Waals surface area (Å²) in [6.07, 6.45) is 3.95. The van der Waals surface area contributed by atoms with Crippen LogP contribution in [0.25, 0.3) is 6.08 Å². The number of carbonyl (C=O) groups is 1. The van der Waals surface area contributed by atoms with E-state index in [0.29, 0.717) is 40.1 Å². The Balaban J connectivity index is 1.87. The van der Waals surface area contributed by atoms with Gasteiger partial charge in [-0.05, 0) is 73.1 Å². The molecule has 2 N–H and O–H groups in total. The lowest BCUT2D eigenvalue weighted by Gasteiger charge is -2.11. The van der Waals surface area contributed by atoms with E-state index in [1.165, 1.54) is 11.8 Å². The predicted octanol–water partition coefficient (Wildman–Crippen LogP) is 4.42. The Kier molecular flexibility index (Phi) is 6.61. The highest BCUT2D eigenvalue weighted by Gasteiger charge is 2.24. The van der Waals surface area contributed by atoms with Crippen LogP contribution in [0.3, 0.4) is 0 Å². The molecule has 0 radical (unpaired) electrons. The fraction of sp³-hybridized carbons (Fsp3) is 0.182. The average molecular weight is 410 g/mol. The molecule has 1 aliphatic heterocycles. The van der Waals surface area contributed by atoms with Crippen molar-refractivity contribution >= 4 is 34.6 Å². The SMILES string of the molecule is C=CCc1cc(C=C2SC(=Nc3ccc(OC)cc3)NC2=O)cc(OCC)c1O. The molecule has 2 aromatic carbocycles. The molecule has 0 aliphatic carbocycles. The van der Waals surface area contributed by atoms with Crippen LogP contribution < -0.4 is 14.8 Å². The number of phenols is 1. The van der Waals surface area contributed by atoms with Crippen LogP contribution in [-0.2, 0) is 11.2 Å². The van der Waals surface area contributed by atoms with E-state index in [2.05, 4.69) is 16.9 Å². The molecular weight excluding hydrogens is 388 g/mol. The van der Waals surface area contributed by atoms with Crippen molar-refractivity contribution in [3.63, 3.8) is 0 Å². The molecule has 29 heavy (non-hydrogen) atoms. The zero-order valence-corrected chi connectivity index (χ0v) is 17.1. The fourth-order valence-corrected chi connectivity index (χ4v) is 3.60. The Hall–Kier alpha value is -3.19. The van der Waals surface area contributed by atoms with Gasteiger partial charge in [-0.2, -0.15) is 0 Å². The summed E-state index contributed by atoms with van der Waals surface area (Å²) in [6.45, 7) is 5.99. The first kappa shape index (κ1) is 20.5. The summed E-state index contributed by atoms with van der Waals surface area (Å²) in [5.41, 5.74) is 2.16. The predicted molar refractivity (Wildman–Crippen MR) is 117 cm³/mol. The Morgan fingerprint density at radius 3 is 2.69 bits per heavy atom. The van der Waals surface area contributed by atoms with Crippen LogP contribution in [0.15, 0.2) is 59.0 Å². The number of aliphatic imine (C=N–C) groups is 1. The Labute approximate surface area is 174 Å². The number of thioether (sulfide) groups is 1. The normalized spacial score (nSPS) is 16.1. The third-order valence-electron chi connectivity index (χ3n) is 4.09. The third kappa shape index (κ3) is 5.00. The molecule has 6 nitrogen and oxygen atoms in total. The average Bonchev–Trinajstić information content (AvgIpc) is 3.05. The van der Waals surface area contributed by atoms with Crippen molar-refractivity contribution in [2.75, 3.05) is 13.7 Å². The smallest absolute Gasteiger partial charge is 0.264 e. The number of ether oxygens (including phenoxy) is 2. The lowest BCUT2D eigenvalue weighted by atomic mass is 10.1. The molecule has 0 spiro atoms. The minimum Gasteiger partial charge on any atom is -0.504 e. The molecule has 1 saturated heterocycles. The lowest BCUT2D eigenvalue weighted by Crippen LogP contribution is -2.19. The molecule has 1 fully saturated rings. The summed E-state index contributed by atoms with van der Waals surface area (Å²) < 4.78 is 10.7. The largest absolute Gasteiger partial charge is 0.504 e. The summed E-state index contributed by atoms with van der Waals surface area (Å²) >= 11 is 1.26. The standard InChI is InChI=1S/C22H22N2O4S/c1-4-6-15-11-14(12-18(20(15)25)28-5-2)13-19-21(26)24-22(29-19)23-16-7-9-17(27-3)10-8-16/h4,7-13,25H,1,5-6H2,2-3H3,(H,23,24,26). The van der Waals surface area contributed by atoms with Gasteiger partial charge in [-0.25, -0.2) is 4.99 Å². The second kappa shape index (κ2) is 9.34. The number of methoxy groups -OCH3 is 1. The van der Waals surface area contributed by atoms with Gasteiger partial charge in [0, 0.05) is 5.56 Å². The van der Waals surface area contributed by atoms with Crippen LogP contribution in [0.5, 0.6) is 17.2 Å². The van der Waals surface area contributed by atoms with Crippen molar-refractivity contribution in [3.8, 4) is 17.2 Å². The molecule has 0 unspecified atom stereocenters. The van der Waals surface area contributed by atoms with E-state index in [1.54, 1.807) is 25.3 Å². The first-order valence-electron chi connectivity index (χ1n) is 9.07. The van der Waals surface area contributed by atoms with Gasteiger partial charge >= 0.3 is 0 Å². The van der Waals surface area contributed by atoms with Crippen molar-refractivity contribution < 1.29 is 19.4 Å². The number of allylic oxidation sites excluding steroid dienone is 1. The number of amidine groups is 1. The van der Waals surface area contributed by atoms with E-state index in [4.69, 9.17) is 9.47 Å². The molecule has 7 heteroatoms. The van der Waals surface area contributed by atoms with Gasteiger partial charge in [0.05, 0.1) is 24.3 Å². The van der Waals surface area contributed by atoms with Crippen molar-refractivity contribution in [2.24, 2.45) is 4.99 Å². The van der Waals surface area contributed by atoms with E-state index in [1.807, 2.05) is 37.3 Å². The minimum absolute atomic E-state index is 0.0965. The van der Waals surface area contributed by atoms with Crippen LogP contribution in [0, 0.1) is 0 Å². The molecule has 0 aromatic heterocycles. The topological polar surface area (TPSA) is 80.2 Å². The van der Waals surface area contributed by atoms with Gasteiger partial charge in [-0.3, -0.25) is 4.79 Å². The molecule has 1 amide bonds. The van der Waals surface area contributed by atoms with Crippen LogP contribution in [-0.4, -0.2) is 29.9 Å². The second-order valence-electron chi connectivity index (χ2n) is 6.13. The highest BCUT2D eigenvalue weighted by atomic mass is 32.2. The number of phenolic OH excluding ortho intramolecular Hbond substituents is 1. The van der Waals surface area contributed by atoms with Crippen LogP contribution in [0.1, 0.15) is 18.1 Å². The first-order valence-corrected chi connectivity index (χ1v) is 9.89. The third-order valence-corrected chi connectivity index (χ3v) is 5.00. The number of amides is 1. The lowest BCUT2D eigenvalue weighted by molar-refractivity contribution is -0.115. The highest BCUT2D eigenvalue weighted by molar-refractivity contribution is 8.18. The van der Waals surface area contributed by atoms with Crippen molar-refractivity contribution in [3.05, 3.63) is 65.1 Å². The van der Waals surface area contributed by atoms with Gasteiger partial charge in [0.15, 0.2) is 16.7 Å². The molecule has 1 aliphatic rings. The number of nitrogens with zero attached hydrogens (tertiary/aromatic N) is 1. The number of benzene rings is 2. The van der Waals surface area contributed by atoms with Crippen LogP contribution in [0.4, 0.5) is 5.69 Å². The maximum Gasteiger partial charge on any atom is 0.264 e. The zero-order chi connectivity index (χ0) is 20.8. The molecule has 150 valence electrons. The summed E-state index contributed by atoms with van der Waals surface area (Å²) in [5, 5.41) is 13.6. The van der Waals surface area contributed by atoms with Gasteiger partial charge < -0.3 is 19.9 Å². The Morgan fingerprint density at radius 2 is 2.03 bits per heavy atom. The minimum atomic E-state index is -0.224. The Bertz CT molecular complexity index is 981. The maximum absolute atomic E-state index is 12.4. The van der Waals surface area contributed by atoms with Crippen molar-refractivity contribution in [1.82, 2.24) is 5.32 Å². The van der Waals surface area contributed by atoms with Crippen molar-refractivity contribution in [1.29, 1.82) is 0 Å². The molecule has 2 aromatic rings.